The first kappa shape index (κ1) is 20.0. The standard InChI is InChI=1S/C22H18ClN3O4S/c1-26-20-19(21(28)25-22(26)31-10-12-2-5-14(23)6-3-12)15(9-18(27)24-20)13-4-7-16-17(8-13)30-11-29-16/h2-8,15H,9-11H2,1H3,(H,24,27). The highest BCUT2D eigenvalue weighted by Gasteiger charge is 2.33. The predicted octanol–water partition coefficient (Wildman–Crippen LogP) is 3.93. The lowest BCUT2D eigenvalue weighted by Gasteiger charge is -2.27. The molecule has 7 nitrogen and oxygen atoms in total. The monoisotopic (exact) mass is 455 g/mol. The summed E-state index contributed by atoms with van der Waals surface area (Å²) in [7, 11) is 1.80. The molecule has 0 spiro atoms. The highest BCUT2D eigenvalue weighted by molar-refractivity contribution is 7.98. The van der Waals surface area contributed by atoms with E-state index >= 15 is 0 Å². The number of hydrogen-bond donors (Lipinski definition) is 1. The van der Waals surface area contributed by atoms with Crippen LogP contribution in [0.1, 0.15) is 29.0 Å². The molecular weight excluding hydrogens is 438 g/mol. The summed E-state index contributed by atoms with van der Waals surface area (Å²) in [6, 6.07) is 13.0. The highest BCUT2D eigenvalue weighted by atomic mass is 35.5. The maximum absolute atomic E-state index is 13.1. The topological polar surface area (TPSA) is 82.5 Å². The van der Waals surface area contributed by atoms with Crippen LogP contribution in [-0.2, 0) is 17.6 Å². The van der Waals surface area contributed by atoms with Crippen LogP contribution in [0, 0.1) is 0 Å². The second-order valence-electron chi connectivity index (χ2n) is 7.35. The third-order valence-electron chi connectivity index (χ3n) is 5.38. The number of nitrogens with zero attached hydrogens (tertiary/aromatic N) is 2. The van der Waals surface area contributed by atoms with Crippen LogP contribution < -0.4 is 20.3 Å². The maximum atomic E-state index is 13.1. The quantitative estimate of drug-likeness (QED) is 0.474. The maximum Gasteiger partial charge on any atom is 0.279 e. The number of nitrogens with one attached hydrogen (secondary N) is 1. The summed E-state index contributed by atoms with van der Waals surface area (Å²) in [5, 5.41) is 4.07. The Labute approximate surface area is 187 Å². The number of anilines is 1. The van der Waals surface area contributed by atoms with Gasteiger partial charge in [0.15, 0.2) is 16.7 Å². The number of benzene rings is 2. The van der Waals surface area contributed by atoms with Crippen molar-refractivity contribution >= 4 is 35.1 Å². The molecule has 0 radical (unpaired) electrons. The van der Waals surface area contributed by atoms with Gasteiger partial charge < -0.3 is 19.4 Å². The van der Waals surface area contributed by atoms with Crippen LogP contribution in [0.5, 0.6) is 11.5 Å². The number of carbonyl (C=O) groups is 1. The van der Waals surface area contributed by atoms with E-state index in [1.807, 2.05) is 36.4 Å². The fourth-order valence-corrected chi connectivity index (χ4v) is 4.85. The minimum Gasteiger partial charge on any atom is -0.454 e. The highest BCUT2D eigenvalue weighted by Crippen LogP contribution is 2.40. The number of carbonyl (C=O) groups excluding carboxylic acids is 1. The van der Waals surface area contributed by atoms with E-state index < -0.39 is 5.92 Å². The number of fused-ring (bicyclic) bond motifs is 2. The van der Waals surface area contributed by atoms with E-state index in [1.165, 1.54) is 11.8 Å². The van der Waals surface area contributed by atoms with E-state index in [4.69, 9.17) is 21.1 Å². The molecule has 0 aliphatic carbocycles. The van der Waals surface area contributed by atoms with Crippen LogP contribution in [0.15, 0.2) is 52.4 Å². The van der Waals surface area contributed by atoms with Gasteiger partial charge in [0.25, 0.3) is 5.56 Å². The molecule has 158 valence electrons. The normalized spacial score (nSPS) is 16.7. The molecule has 1 amide bonds. The number of amides is 1. The fraction of sp³-hybridized carbons (Fsp3) is 0.227. The first-order valence-corrected chi connectivity index (χ1v) is 11.0. The minimum absolute atomic E-state index is 0.148. The van der Waals surface area contributed by atoms with Gasteiger partial charge in [-0.05, 0) is 35.4 Å². The van der Waals surface area contributed by atoms with Gasteiger partial charge in [-0.3, -0.25) is 9.59 Å². The lowest BCUT2D eigenvalue weighted by atomic mass is 9.86. The zero-order valence-corrected chi connectivity index (χ0v) is 18.1. The lowest BCUT2D eigenvalue weighted by Crippen LogP contribution is -2.33. The van der Waals surface area contributed by atoms with Crippen molar-refractivity contribution in [3.8, 4) is 11.5 Å². The van der Waals surface area contributed by atoms with Crippen LogP contribution in [-0.4, -0.2) is 22.3 Å². The molecule has 1 atom stereocenters. The molecule has 1 N–H and O–H groups in total. The summed E-state index contributed by atoms with van der Waals surface area (Å²) in [6.07, 6.45) is 0.167. The molecule has 2 aliphatic heterocycles. The lowest BCUT2D eigenvalue weighted by molar-refractivity contribution is -0.116. The minimum atomic E-state index is -0.403. The fourth-order valence-electron chi connectivity index (χ4n) is 3.81. The molecule has 0 saturated carbocycles. The van der Waals surface area contributed by atoms with E-state index in [-0.39, 0.29) is 24.7 Å². The summed E-state index contributed by atoms with van der Waals surface area (Å²) in [5.41, 5.74) is 2.02. The summed E-state index contributed by atoms with van der Waals surface area (Å²) in [6.45, 7) is 0.165. The first-order valence-electron chi connectivity index (χ1n) is 9.67. The molecule has 1 aromatic heterocycles. The van der Waals surface area contributed by atoms with Crippen molar-refractivity contribution in [2.24, 2.45) is 7.05 Å². The Morgan fingerprint density at radius 1 is 1.16 bits per heavy atom. The molecule has 0 bridgehead atoms. The number of thioether (sulfide) groups is 1. The third kappa shape index (κ3) is 3.77. The molecular formula is C22H18ClN3O4S. The van der Waals surface area contributed by atoms with E-state index in [9.17, 15) is 9.59 Å². The molecule has 0 saturated heterocycles. The van der Waals surface area contributed by atoms with E-state index in [0.29, 0.717) is 38.8 Å². The number of ether oxygens (including phenoxy) is 2. The van der Waals surface area contributed by atoms with Crippen LogP contribution in [0.3, 0.4) is 0 Å². The predicted molar refractivity (Wildman–Crippen MR) is 118 cm³/mol. The summed E-state index contributed by atoms with van der Waals surface area (Å²) in [5.74, 6) is 1.83. The zero-order chi connectivity index (χ0) is 21.5. The smallest absolute Gasteiger partial charge is 0.279 e. The molecule has 0 fully saturated rings. The van der Waals surface area contributed by atoms with Gasteiger partial charge in [-0.1, -0.05) is 41.6 Å². The molecule has 3 aromatic rings. The van der Waals surface area contributed by atoms with Gasteiger partial charge in [-0.2, -0.15) is 4.98 Å². The van der Waals surface area contributed by atoms with Crippen molar-refractivity contribution in [1.29, 1.82) is 0 Å². The van der Waals surface area contributed by atoms with E-state index in [0.717, 1.165) is 11.1 Å². The molecule has 2 aromatic carbocycles. The Morgan fingerprint density at radius 3 is 2.74 bits per heavy atom. The largest absolute Gasteiger partial charge is 0.454 e. The van der Waals surface area contributed by atoms with Gasteiger partial charge in [0.2, 0.25) is 12.7 Å². The average molecular weight is 456 g/mol. The van der Waals surface area contributed by atoms with Gasteiger partial charge >= 0.3 is 0 Å². The zero-order valence-electron chi connectivity index (χ0n) is 16.6. The SMILES string of the molecule is Cn1c(SCc2ccc(Cl)cc2)nc(=O)c2c1NC(=O)CC2c1ccc2c(c1)OCO2. The Bertz CT molecular complexity index is 1240. The van der Waals surface area contributed by atoms with Gasteiger partial charge in [0.1, 0.15) is 5.82 Å². The number of hydrogen-bond acceptors (Lipinski definition) is 6. The molecule has 9 heteroatoms. The Morgan fingerprint density at radius 2 is 1.94 bits per heavy atom. The van der Waals surface area contributed by atoms with Crippen LogP contribution in [0.2, 0.25) is 5.02 Å². The van der Waals surface area contributed by atoms with Crippen molar-refractivity contribution in [2.75, 3.05) is 12.1 Å². The number of halogens is 1. The summed E-state index contributed by atoms with van der Waals surface area (Å²) in [4.78, 5) is 29.9. The van der Waals surface area contributed by atoms with Crippen molar-refractivity contribution in [2.45, 2.75) is 23.2 Å². The second kappa shape index (κ2) is 7.94. The van der Waals surface area contributed by atoms with Crippen molar-refractivity contribution in [1.82, 2.24) is 9.55 Å². The third-order valence-corrected chi connectivity index (χ3v) is 6.73. The van der Waals surface area contributed by atoms with Gasteiger partial charge in [0.05, 0.1) is 5.56 Å². The molecule has 3 heterocycles. The van der Waals surface area contributed by atoms with E-state index in [1.54, 1.807) is 17.7 Å². The Balaban J connectivity index is 1.50. The molecule has 2 aliphatic rings. The van der Waals surface area contributed by atoms with Crippen LogP contribution in [0.25, 0.3) is 0 Å². The van der Waals surface area contributed by atoms with Crippen molar-refractivity contribution in [3.63, 3.8) is 0 Å². The average Bonchev–Trinajstić information content (AvgIpc) is 3.23. The number of rotatable bonds is 4. The second-order valence-corrected chi connectivity index (χ2v) is 8.73. The van der Waals surface area contributed by atoms with Gasteiger partial charge in [-0.25, -0.2) is 0 Å². The molecule has 1 unspecified atom stereocenters. The van der Waals surface area contributed by atoms with Gasteiger partial charge in [0, 0.05) is 30.2 Å². The van der Waals surface area contributed by atoms with E-state index in [2.05, 4.69) is 10.3 Å². The van der Waals surface area contributed by atoms with Crippen LogP contribution >= 0.6 is 23.4 Å². The Kier molecular flexibility index (Phi) is 5.11. The Hall–Kier alpha value is -2.97. The van der Waals surface area contributed by atoms with Crippen molar-refractivity contribution in [3.05, 3.63) is 74.5 Å². The summed E-state index contributed by atoms with van der Waals surface area (Å²) >= 11 is 7.37. The van der Waals surface area contributed by atoms with Crippen molar-refractivity contribution < 1.29 is 14.3 Å². The number of aromatic nitrogens is 2. The summed E-state index contributed by atoms with van der Waals surface area (Å²) < 4.78 is 12.6. The molecule has 5 rings (SSSR count). The molecule has 31 heavy (non-hydrogen) atoms. The first-order chi connectivity index (χ1) is 15.0. The van der Waals surface area contributed by atoms with Crippen LogP contribution in [0.4, 0.5) is 5.82 Å². The van der Waals surface area contributed by atoms with Gasteiger partial charge in [-0.15, -0.1) is 0 Å².